The van der Waals surface area contributed by atoms with Crippen molar-refractivity contribution in [3.63, 3.8) is 0 Å². The van der Waals surface area contributed by atoms with Gasteiger partial charge in [0, 0.05) is 10.9 Å². The molecule has 1 aromatic carbocycles. The lowest BCUT2D eigenvalue weighted by atomic mass is 10.1. The fourth-order valence-corrected chi connectivity index (χ4v) is 7.10. The van der Waals surface area contributed by atoms with Crippen LogP contribution in [-0.2, 0) is 20.8 Å². The number of amidine groups is 1. The second kappa shape index (κ2) is 6.88. The van der Waals surface area contributed by atoms with Crippen LogP contribution < -0.4 is 4.90 Å². The number of thioether (sulfide) groups is 1. The minimum Gasteiger partial charge on any atom is -0.316 e. The van der Waals surface area contributed by atoms with E-state index in [0.29, 0.717) is 0 Å². The maximum absolute atomic E-state index is 13.2. The van der Waals surface area contributed by atoms with Crippen LogP contribution in [-0.4, -0.2) is 48.2 Å². The van der Waals surface area contributed by atoms with Crippen LogP contribution in [0.15, 0.2) is 23.2 Å². The van der Waals surface area contributed by atoms with Crippen LogP contribution in [0.5, 0.6) is 0 Å². The number of benzene rings is 1. The molecule has 2 atom stereocenters. The quantitative estimate of drug-likeness (QED) is 0.652. The second-order valence-electron chi connectivity index (χ2n) is 5.75. The predicted octanol–water partition coefficient (Wildman–Crippen LogP) is 3.20. The number of halogens is 5. The third-order valence-electron chi connectivity index (χ3n) is 3.93. The summed E-state index contributed by atoms with van der Waals surface area (Å²) in [6.45, 7) is 0. The van der Waals surface area contributed by atoms with E-state index in [4.69, 9.17) is 23.2 Å². The van der Waals surface area contributed by atoms with Gasteiger partial charge in [0.15, 0.2) is 15.0 Å². The van der Waals surface area contributed by atoms with Crippen molar-refractivity contribution in [2.45, 2.75) is 17.5 Å². The highest BCUT2D eigenvalue weighted by molar-refractivity contribution is 8.16. The number of amides is 1. The monoisotopic (exact) mass is 446 g/mol. The minimum atomic E-state index is -4.68. The smallest absolute Gasteiger partial charge is 0.316 e. The maximum atomic E-state index is 13.2. The zero-order chi connectivity index (χ0) is 19.3. The van der Waals surface area contributed by atoms with Crippen molar-refractivity contribution in [3.8, 4) is 0 Å². The first-order valence-corrected chi connectivity index (χ1v) is 10.8. The van der Waals surface area contributed by atoms with Crippen molar-refractivity contribution >= 4 is 61.6 Å². The Labute approximate surface area is 161 Å². The molecule has 0 aliphatic carbocycles. The molecule has 5 nitrogen and oxygen atoms in total. The lowest BCUT2D eigenvalue weighted by molar-refractivity contribution is -0.137. The van der Waals surface area contributed by atoms with Gasteiger partial charge in [-0.3, -0.25) is 4.79 Å². The molecule has 2 heterocycles. The van der Waals surface area contributed by atoms with Gasteiger partial charge in [0.25, 0.3) is 5.91 Å². The average Bonchev–Trinajstić information content (AvgIpc) is 2.97. The number of anilines is 1. The lowest BCUT2D eigenvalue weighted by Gasteiger charge is -2.25. The van der Waals surface area contributed by atoms with E-state index >= 15 is 0 Å². The Bertz CT molecular complexity index is 890. The molecule has 2 aliphatic heterocycles. The summed E-state index contributed by atoms with van der Waals surface area (Å²) in [7, 11) is -3.33. The van der Waals surface area contributed by atoms with Crippen LogP contribution in [0, 0.1) is 0 Å². The SMILES string of the molecule is O=C(CCl)N=C1S[C@H]2CS(=O)(=O)C[C@H]2N1c1ccc(Cl)c(C(F)(F)F)c1. The number of sulfone groups is 1. The Morgan fingerprint density at radius 3 is 2.65 bits per heavy atom. The normalized spacial score (nSPS) is 26.3. The van der Waals surface area contributed by atoms with E-state index in [9.17, 15) is 26.4 Å². The van der Waals surface area contributed by atoms with Crippen molar-refractivity contribution in [1.29, 1.82) is 0 Å². The van der Waals surface area contributed by atoms with Gasteiger partial charge in [0.05, 0.1) is 28.1 Å². The Balaban J connectivity index is 2.09. The van der Waals surface area contributed by atoms with Gasteiger partial charge in [-0.25, -0.2) is 8.42 Å². The summed E-state index contributed by atoms with van der Waals surface area (Å²) >= 11 is 12.1. The number of alkyl halides is 4. The van der Waals surface area contributed by atoms with Crippen molar-refractivity contribution in [3.05, 3.63) is 28.8 Å². The number of carbonyl (C=O) groups is 1. The van der Waals surface area contributed by atoms with Gasteiger partial charge in [-0.15, -0.1) is 11.6 Å². The molecule has 0 bridgehead atoms. The van der Waals surface area contributed by atoms with Crippen molar-refractivity contribution in [2.75, 3.05) is 22.3 Å². The molecule has 2 fully saturated rings. The summed E-state index contributed by atoms with van der Waals surface area (Å²) in [5, 5.41) is -0.762. The van der Waals surface area contributed by atoms with Gasteiger partial charge in [-0.05, 0) is 18.2 Å². The predicted molar refractivity (Wildman–Crippen MR) is 95.9 cm³/mol. The molecule has 12 heteroatoms. The van der Waals surface area contributed by atoms with E-state index in [0.717, 1.165) is 23.9 Å². The van der Waals surface area contributed by atoms with Crippen molar-refractivity contribution in [1.82, 2.24) is 0 Å². The van der Waals surface area contributed by atoms with Crippen LogP contribution >= 0.6 is 35.0 Å². The van der Waals surface area contributed by atoms with Crippen molar-refractivity contribution < 1.29 is 26.4 Å². The third-order valence-corrected chi connectivity index (χ3v) is 7.70. The molecule has 0 spiro atoms. The van der Waals surface area contributed by atoms with Gasteiger partial charge < -0.3 is 4.90 Å². The molecule has 3 rings (SSSR count). The fraction of sp³-hybridized carbons (Fsp3) is 0.429. The zero-order valence-electron chi connectivity index (χ0n) is 12.8. The average molecular weight is 447 g/mol. The fourth-order valence-electron chi connectivity index (χ4n) is 2.88. The molecular formula is C14H11Cl2F3N2O3S2. The van der Waals surface area contributed by atoms with Gasteiger partial charge in [-0.2, -0.15) is 18.2 Å². The third kappa shape index (κ3) is 3.83. The van der Waals surface area contributed by atoms with Gasteiger partial charge in [-0.1, -0.05) is 23.4 Å². The first-order valence-electron chi connectivity index (χ1n) is 7.22. The molecule has 1 amide bonds. The van der Waals surface area contributed by atoms with Gasteiger partial charge >= 0.3 is 6.18 Å². The molecule has 2 aliphatic rings. The van der Waals surface area contributed by atoms with Crippen LogP contribution in [0.3, 0.4) is 0 Å². The maximum Gasteiger partial charge on any atom is 0.417 e. The van der Waals surface area contributed by atoms with E-state index in [1.807, 2.05) is 0 Å². The summed E-state index contributed by atoms with van der Waals surface area (Å²) in [6, 6.07) is 2.64. The number of hydrogen-bond donors (Lipinski definition) is 0. The summed E-state index contributed by atoms with van der Waals surface area (Å²) in [4.78, 5) is 16.8. The lowest BCUT2D eigenvalue weighted by Crippen LogP contribution is -2.38. The Morgan fingerprint density at radius 2 is 2.04 bits per heavy atom. The van der Waals surface area contributed by atoms with Gasteiger partial charge in [0.1, 0.15) is 5.88 Å². The van der Waals surface area contributed by atoms with Crippen molar-refractivity contribution in [2.24, 2.45) is 4.99 Å². The zero-order valence-corrected chi connectivity index (χ0v) is 16.0. The summed E-state index contributed by atoms with van der Waals surface area (Å²) in [5.41, 5.74) is -0.978. The van der Waals surface area contributed by atoms with Gasteiger partial charge in [0.2, 0.25) is 0 Å². The number of aliphatic imine (C=N–C) groups is 1. The summed E-state index contributed by atoms with van der Waals surface area (Å²) in [5.74, 6) is -1.41. The summed E-state index contributed by atoms with van der Waals surface area (Å²) < 4.78 is 63.3. The molecule has 26 heavy (non-hydrogen) atoms. The van der Waals surface area contributed by atoms with Crippen LogP contribution in [0.4, 0.5) is 18.9 Å². The van der Waals surface area contributed by atoms with E-state index in [-0.39, 0.29) is 28.2 Å². The van der Waals surface area contributed by atoms with Crippen LogP contribution in [0.1, 0.15) is 5.56 Å². The molecule has 2 saturated heterocycles. The highest BCUT2D eigenvalue weighted by Gasteiger charge is 2.49. The largest absolute Gasteiger partial charge is 0.417 e. The highest BCUT2D eigenvalue weighted by Crippen LogP contribution is 2.43. The summed E-state index contributed by atoms with van der Waals surface area (Å²) in [6.07, 6.45) is -4.68. The Morgan fingerprint density at radius 1 is 1.35 bits per heavy atom. The van der Waals surface area contributed by atoms with E-state index < -0.39 is 43.8 Å². The second-order valence-corrected chi connectivity index (χ2v) is 9.79. The molecule has 0 unspecified atom stereocenters. The topological polar surface area (TPSA) is 66.8 Å². The number of nitrogens with zero attached hydrogens (tertiary/aromatic N) is 2. The van der Waals surface area contributed by atoms with E-state index in [2.05, 4.69) is 4.99 Å². The number of carbonyl (C=O) groups excluding carboxylic acids is 1. The van der Waals surface area contributed by atoms with E-state index in [1.54, 1.807) is 0 Å². The molecule has 0 radical (unpaired) electrons. The van der Waals surface area contributed by atoms with E-state index in [1.165, 1.54) is 11.0 Å². The Hall–Kier alpha value is -0.970. The molecule has 0 saturated carbocycles. The molecule has 142 valence electrons. The molecule has 1 aromatic rings. The number of fused-ring (bicyclic) bond motifs is 1. The Kier molecular flexibility index (Phi) is 5.24. The minimum absolute atomic E-state index is 0.0694. The standard InChI is InChI=1S/C14H11Cl2F3N2O3S2/c15-4-12(22)20-13-21(10-5-26(23,24)6-11(10)25-13)7-1-2-9(16)8(3-7)14(17,18)19/h1-3,10-11H,4-6H2/t10-,11+/m1/s1. The number of hydrogen-bond acceptors (Lipinski definition) is 4. The van der Waals surface area contributed by atoms with Crippen LogP contribution in [0.25, 0.3) is 0 Å². The van der Waals surface area contributed by atoms with Crippen LogP contribution in [0.2, 0.25) is 5.02 Å². The molecule has 0 aromatic heterocycles. The first-order chi connectivity index (χ1) is 12.0. The first kappa shape index (κ1) is 19.8. The molecule has 0 N–H and O–H groups in total. The molecular weight excluding hydrogens is 436 g/mol. The highest BCUT2D eigenvalue weighted by atomic mass is 35.5. The number of rotatable bonds is 2.